The van der Waals surface area contributed by atoms with E-state index in [2.05, 4.69) is 10.3 Å². The first-order chi connectivity index (χ1) is 9.38. The normalized spacial score (nSPS) is 13.1. The van der Waals surface area contributed by atoms with Crippen molar-refractivity contribution in [2.45, 2.75) is 19.1 Å². The number of rotatable bonds is 3. The van der Waals surface area contributed by atoms with Crippen molar-refractivity contribution in [2.75, 3.05) is 5.32 Å². The fraction of sp³-hybridized carbons (Fsp3) is 0.214. The molecule has 2 aromatic rings. The van der Waals surface area contributed by atoms with Crippen LogP contribution in [0.1, 0.15) is 24.1 Å². The molecule has 6 heteroatoms. The van der Waals surface area contributed by atoms with Gasteiger partial charge in [0.2, 0.25) is 0 Å². The van der Waals surface area contributed by atoms with Gasteiger partial charge in [-0.3, -0.25) is 4.98 Å². The van der Waals surface area contributed by atoms with Gasteiger partial charge in [0.25, 0.3) is 0 Å². The Labute approximate surface area is 119 Å². The lowest BCUT2D eigenvalue weighted by molar-refractivity contribution is -0.137. The smallest absolute Gasteiger partial charge is 0.378 e. The minimum Gasteiger partial charge on any atom is -0.378 e. The van der Waals surface area contributed by atoms with Crippen LogP contribution in [0, 0.1) is 0 Å². The van der Waals surface area contributed by atoms with Gasteiger partial charge in [-0.1, -0.05) is 17.7 Å². The van der Waals surface area contributed by atoms with Crippen LogP contribution in [0.15, 0.2) is 42.7 Å². The number of nitrogens with one attached hydrogen (secondary N) is 1. The lowest BCUT2D eigenvalue weighted by Crippen LogP contribution is -2.10. The SMILES string of the molecule is CC(Nc1ccc(Cl)c(C(F)(F)F)c1)c1cccnc1. The number of hydrogen-bond donors (Lipinski definition) is 1. The second kappa shape index (κ2) is 5.71. The molecular formula is C14H12ClF3N2. The van der Waals surface area contributed by atoms with Gasteiger partial charge < -0.3 is 5.32 Å². The molecule has 0 radical (unpaired) electrons. The van der Waals surface area contributed by atoms with Gasteiger partial charge in [0.05, 0.1) is 16.6 Å². The van der Waals surface area contributed by atoms with Gasteiger partial charge in [-0.05, 0) is 36.8 Å². The molecule has 1 N–H and O–H groups in total. The van der Waals surface area contributed by atoms with E-state index in [4.69, 9.17) is 11.6 Å². The molecule has 2 nitrogen and oxygen atoms in total. The molecule has 2 rings (SSSR count). The number of alkyl halides is 3. The molecular weight excluding hydrogens is 289 g/mol. The number of hydrogen-bond acceptors (Lipinski definition) is 2. The third kappa shape index (κ3) is 3.42. The highest BCUT2D eigenvalue weighted by atomic mass is 35.5. The molecule has 20 heavy (non-hydrogen) atoms. The summed E-state index contributed by atoms with van der Waals surface area (Å²) in [4.78, 5) is 3.98. The van der Waals surface area contributed by atoms with Crippen LogP contribution in [0.2, 0.25) is 5.02 Å². The van der Waals surface area contributed by atoms with Crippen molar-refractivity contribution in [3.63, 3.8) is 0 Å². The Morgan fingerprint density at radius 3 is 2.60 bits per heavy atom. The molecule has 0 spiro atoms. The zero-order chi connectivity index (χ0) is 14.8. The Bertz CT molecular complexity index is 585. The van der Waals surface area contributed by atoms with Crippen molar-refractivity contribution in [1.29, 1.82) is 0 Å². The summed E-state index contributed by atoms with van der Waals surface area (Å²) in [6, 6.07) is 7.23. The Balaban J connectivity index is 2.22. The van der Waals surface area contributed by atoms with Gasteiger partial charge in [-0.15, -0.1) is 0 Å². The van der Waals surface area contributed by atoms with Crippen LogP contribution in [0.5, 0.6) is 0 Å². The van der Waals surface area contributed by atoms with Crippen molar-refractivity contribution in [2.24, 2.45) is 0 Å². The zero-order valence-electron chi connectivity index (χ0n) is 10.6. The maximum absolute atomic E-state index is 12.8. The molecule has 1 aromatic carbocycles. The minimum atomic E-state index is -4.47. The van der Waals surface area contributed by atoms with Gasteiger partial charge >= 0.3 is 6.18 Å². The molecule has 0 saturated heterocycles. The Hall–Kier alpha value is -1.75. The highest BCUT2D eigenvalue weighted by molar-refractivity contribution is 6.31. The summed E-state index contributed by atoms with van der Waals surface area (Å²) in [5.41, 5.74) is 0.400. The highest BCUT2D eigenvalue weighted by Gasteiger charge is 2.33. The van der Waals surface area contributed by atoms with E-state index in [1.54, 1.807) is 18.5 Å². The van der Waals surface area contributed by atoms with Crippen LogP contribution in [0.4, 0.5) is 18.9 Å². The van der Waals surface area contributed by atoms with E-state index < -0.39 is 11.7 Å². The van der Waals surface area contributed by atoms with Gasteiger partial charge in [0.15, 0.2) is 0 Å². The van der Waals surface area contributed by atoms with Crippen molar-refractivity contribution < 1.29 is 13.2 Å². The lowest BCUT2D eigenvalue weighted by Gasteiger charge is -2.17. The fourth-order valence-electron chi connectivity index (χ4n) is 1.80. The third-order valence-electron chi connectivity index (χ3n) is 2.84. The minimum absolute atomic E-state index is 0.161. The van der Waals surface area contributed by atoms with E-state index in [0.717, 1.165) is 11.6 Å². The number of aromatic nitrogens is 1. The first kappa shape index (κ1) is 14.7. The molecule has 0 fully saturated rings. The van der Waals surface area contributed by atoms with E-state index >= 15 is 0 Å². The molecule has 0 amide bonds. The van der Waals surface area contributed by atoms with Crippen LogP contribution < -0.4 is 5.32 Å². The summed E-state index contributed by atoms with van der Waals surface area (Å²) in [6.07, 6.45) is -1.16. The average molecular weight is 301 g/mol. The van der Waals surface area contributed by atoms with Crippen LogP contribution in [-0.4, -0.2) is 4.98 Å². The van der Waals surface area contributed by atoms with E-state index in [1.165, 1.54) is 12.1 Å². The summed E-state index contributed by atoms with van der Waals surface area (Å²) in [6.45, 7) is 1.85. The van der Waals surface area contributed by atoms with E-state index in [-0.39, 0.29) is 11.1 Å². The van der Waals surface area contributed by atoms with Gasteiger partial charge in [-0.25, -0.2) is 0 Å². The van der Waals surface area contributed by atoms with Crippen LogP contribution >= 0.6 is 11.6 Å². The predicted octanol–water partition coefficient (Wildman–Crippen LogP) is 4.93. The van der Waals surface area contributed by atoms with E-state index in [0.29, 0.717) is 5.69 Å². The van der Waals surface area contributed by atoms with Crippen LogP contribution in [-0.2, 0) is 6.18 Å². The summed E-state index contributed by atoms with van der Waals surface area (Å²) >= 11 is 5.58. The molecule has 0 aliphatic carbocycles. The van der Waals surface area contributed by atoms with E-state index in [9.17, 15) is 13.2 Å². The summed E-state index contributed by atoms with van der Waals surface area (Å²) < 4.78 is 38.3. The molecule has 1 unspecified atom stereocenters. The first-order valence-corrected chi connectivity index (χ1v) is 6.29. The quantitative estimate of drug-likeness (QED) is 0.869. The second-order valence-corrected chi connectivity index (χ2v) is 4.75. The molecule has 0 bridgehead atoms. The van der Waals surface area contributed by atoms with Crippen molar-refractivity contribution in [3.8, 4) is 0 Å². The van der Waals surface area contributed by atoms with Crippen molar-refractivity contribution >= 4 is 17.3 Å². The molecule has 0 saturated carbocycles. The fourth-order valence-corrected chi connectivity index (χ4v) is 2.02. The zero-order valence-corrected chi connectivity index (χ0v) is 11.3. The Morgan fingerprint density at radius 2 is 2.00 bits per heavy atom. The number of nitrogens with zero attached hydrogens (tertiary/aromatic N) is 1. The monoisotopic (exact) mass is 300 g/mol. The standard InChI is InChI=1S/C14H12ClF3N2/c1-9(10-3-2-6-19-8-10)20-11-4-5-13(15)12(7-11)14(16,17)18/h2-9,20H,1H3. The van der Waals surface area contributed by atoms with Crippen LogP contribution in [0.25, 0.3) is 0 Å². The van der Waals surface area contributed by atoms with E-state index in [1.807, 2.05) is 13.0 Å². The summed E-state index contributed by atoms with van der Waals surface area (Å²) in [5, 5.41) is 2.69. The number of halogens is 4. The molecule has 106 valence electrons. The third-order valence-corrected chi connectivity index (χ3v) is 3.17. The summed E-state index contributed by atoms with van der Waals surface area (Å²) in [7, 11) is 0. The largest absolute Gasteiger partial charge is 0.417 e. The summed E-state index contributed by atoms with van der Waals surface area (Å²) in [5.74, 6) is 0. The lowest BCUT2D eigenvalue weighted by atomic mass is 10.1. The van der Waals surface area contributed by atoms with Gasteiger partial charge in [0.1, 0.15) is 0 Å². The predicted molar refractivity (Wildman–Crippen MR) is 72.7 cm³/mol. The van der Waals surface area contributed by atoms with Gasteiger partial charge in [-0.2, -0.15) is 13.2 Å². The maximum Gasteiger partial charge on any atom is 0.417 e. The molecule has 1 heterocycles. The van der Waals surface area contributed by atoms with Crippen molar-refractivity contribution in [3.05, 3.63) is 58.9 Å². The molecule has 0 aliphatic heterocycles. The van der Waals surface area contributed by atoms with Crippen molar-refractivity contribution in [1.82, 2.24) is 4.98 Å². The van der Waals surface area contributed by atoms with Gasteiger partial charge in [0, 0.05) is 18.1 Å². The number of benzene rings is 1. The van der Waals surface area contributed by atoms with Crippen LogP contribution in [0.3, 0.4) is 0 Å². The number of pyridine rings is 1. The topological polar surface area (TPSA) is 24.9 Å². The molecule has 1 aromatic heterocycles. The molecule has 0 aliphatic rings. The molecule has 1 atom stereocenters. The second-order valence-electron chi connectivity index (χ2n) is 4.34. The number of anilines is 1. The Kier molecular flexibility index (Phi) is 4.18. The highest BCUT2D eigenvalue weighted by Crippen LogP contribution is 2.36. The first-order valence-electron chi connectivity index (χ1n) is 5.91. The average Bonchev–Trinajstić information content (AvgIpc) is 2.40. The maximum atomic E-state index is 12.8. The Morgan fingerprint density at radius 1 is 1.25 bits per heavy atom.